The summed E-state index contributed by atoms with van der Waals surface area (Å²) >= 11 is 0. The molecule has 0 spiro atoms. The highest BCUT2D eigenvalue weighted by Gasteiger charge is 2.12. The number of ether oxygens (including phenoxy) is 2. The number of alkyl carbamates (subject to hydrolysis) is 1. The SMILES string of the molecule is C=C(NC(=O)OCc1ccccc1)C(=O)OCCC. The molecule has 0 radical (unpaired) electrons. The Hall–Kier alpha value is -2.30. The number of rotatable bonds is 6. The minimum Gasteiger partial charge on any atom is -0.461 e. The molecule has 1 aromatic carbocycles. The van der Waals surface area contributed by atoms with E-state index in [4.69, 9.17) is 9.47 Å². The molecule has 102 valence electrons. The lowest BCUT2D eigenvalue weighted by atomic mass is 10.2. The number of carbonyl (C=O) groups is 2. The highest BCUT2D eigenvalue weighted by Crippen LogP contribution is 2.01. The Morgan fingerprint density at radius 2 is 1.89 bits per heavy atom. The van der Waals surface area contributed by atoms with Gasteiger partial charge in [-0.25, -0.2) is 9.59 Å². The first-order chi connectivity index (χ1) is 9.13. The van der Waals surface area contributed by atoms with Crippen molar-refractivity contribution in [3.05, 3.63) is 48.2 Å². The van der Waals surface area contributed by atoms with Crippen molar-refractivity contribution in [2.45, 2.75) is 20.0 Å². The molecule has 1 N–H and O–H groups in total. The second-order valence-electron chi connectivity index (χ2n) is 3.80. The molecule has 0 aliphatic rings. The summed E-state index contributed by atoms with van der Waals surface area (Å²) in [6.45, 7) is 5.71. The summed E-state index contributed by atoms with van der Waals surface area (Å²) < 4.78 is 9.74. The molecule has 1 aromatic rings. The normalized spacial score (nSPS) is 9.53. The van der Waals surface area contributed by atoms with Crippen molar-refractivity contribution < 1.29 is 19.1 Å². The zero-order valence-corrected chi connectivity index (χ0v) is 10.8. The van der Waals surface area contributed by atoms with Gasteiger partial charge in [0.1, 0.15) is 12.3 Å². The molecule has 0 aliphatic heterocycles. The lowest BCUT2D eigenvalue weighted by molar-refractivity contribution is -0.139. The van der Waals surface area contributed by atoms with Crippen molar-refractivity contribution in [1.29, 1.82) is 0 Å². The predicted octanol–water partition coefficient (Wildman–Crippen LogP) is 2.38. The van der Waals surface area contributed by atoms with Crippen LogP contribution in [0.2, 0.25) is 0 Å². The van der Waals surface area contributed by atoms with Crippen LogP contribution in [0.5, 0.6) is 0 Å². The fourth-order valence-corrected chi connectivity index (χ4v) is 1.22. The van der Waals surface area contributed by atoms with Crippen LogP contribution >= 0.6 is 0 Å². The number of carbonyl (C=O) groups excluding carboxylic acids is 2. The van der Waals surface area contributed by atoms with Gasteiger partial charge in [0.15, 0.2) is 0 Å². The van der Waals surface area contributed by atoms with Gasteiger partial charge in [0.2, 0.25) is 0 Å². The van der Waals surface area contributed by atoms with Crippen LogP contribution in [-0.4, -0.2) is 18.7 Å². The van der Waals surface area contributed by atoms with Crippen LogP contribution in [0, 0.1) is 0 Å². The van der Waals surface area contributed by atoms with E-state index < -0.39 is 12.1 Å². The number of benzene rings is 1. The molecule has 5 heteroatoms. The smallest absolute Gasteiger partial charge is 0.412 e. The summed E-state index contributed by atoms with van der Waals surface area (Å²) in [5.41, 5.74) is 0.725. The summed E-state index contributed by atoms with van der Waals surface area (Å²) in [6, 6.07) is 9.22. The number of esters is 1. The van der Waals surface area contributed by atoms with E-state index in [1.807, 2.05) is 37.3 Å². The maximum atomic E-state index is 11.4. The van der Waals surface area contributed by atoms with E-state index in [1.165, 1.54) is 0 Å². The van der Waals surface area contributed by atoms with Crippen LogP contribution in [0.1, 0.15) is 18.9 Å². The van der Waals surface area contributed by atoms with E-state index >= 15 is 0 Å². The Morgan fingerprint density at radius 3 is 2.53 bits per heavy atom. The van der Waals surface area contributed by atoms with E-state index in [-0.39, 0.29) is 12.3 Å². The molecule has 0 saturated carbocycles. The van der Waals surface area contributed by atoms with Gasteiger partial charge in [-0.1, -0.05) is 43.8 Å². The third kappa shape index (κ3) is 5.72. The van der Waals surface area contributed by atoms with Crippen molar-refractivity contribution in [3.63, 3.8) is 0 Å². The van der Waals surface area contributed by atoms with E-state index in [9.17, 15) is 9.59 Å². The fraction of sp³-hybridized carbons (Fsp3) is 0.286. The van der Waals surface area contributed by atoms with E-state index in [0.29, 0.717) is 13.0 Å². The van der Waals surface area contributed by atoms with Crippen LogP contribution in [0.3, 0.4) is 0 Å². The lowest BCUT2D eigenvalue weighted by Gasteiger charge is -2.08. The molecule has 0 saturated heterocycles. The largest absolute Gasteiger partial charge is 0.461 e. The van der Waals surface area contributed by atoms with Crippen LogP contribution in [0.15, 0.2) is 42.6 Å². The molecule has 1 rings (SSSR count). The monoisotopic (exact) mass is 263 g/mol. The van der Waals surface area contributed by atoms with Crippen molar-refractivity contribution in [2.75, 3.05) is 6.61 Å². The van der Waals surface area contributed by atoms with Gasteiger partial charge in [0.05, 0.1) is 6.61 Å². The third-order valence-electron chi connectivity index (χ3n) is 2.15. The van der Waals surface area contributed by atoms with Crippen molar-refractivity contribution in [2.24, 2.45) is 0 Å². The summed E-state index contributed by atoms with van der Waals surface area (Å²) in [5.74, 6) is -0.654. The Labute approximate surface area is 112 Å². The first-order valence-corrected chi connectivity index (χ1v) is 5.97. The first-order valence-electron chi connectivity index (χ1n) is 5.97. The van der Waals surface area contributed by atoms with Gasteiger partial charge in [-0.3, -0.25) is 5.32 Å². The van der Waals surface area contributed by atoms with Crippen LogP contribution in [-0.2, 0) is 20.9 Å². The average molecular weight is 263 g/mol. The minimum absolute atomic E-state index is 0.129. The van der Waals surface area contributed by atoms with Crippen molar-refractivity contribution >= 4 is 12.1 Å². The lowest BCUT2D eigenvalue weighted by Crippen LogP contribution is -2.28. The number of hydrogen-bond donors (Lipinski definition) is 1. The second-order valence-corrected chi connectivity index (χ2v) is 3.80. The summed E-state index contributed by atoms with van der Waals surface area (Å²) in [7, 11) is 0. The Balaban J connectivity index is 2.31. The molecule has 0 bridgehead atoms. The molecule has 0 aliphatic carbocycles. The molecule has 0 atom stereocenters. The average Bonchev–Trinajstić information content (AvgIpc) is 2.43. The molecular formula is C14H17NO4. The van der Waals surface area contributed by atoms with Gasteiger partial charge in [-0.15, -0.1) is 0 Å². The molecule has 5 nitrogen and oxygen atoms in total. The number of nitrogens with one attached hydrogen (secondary N) is 1. The zero-order valence-electron chi connectivity index (χ0n) is 10.8. The summed E-state index contributed by atoms with van der Waals surface area (Å²) in [4.78, 5) is 22.7. The van der Waals surface area contributed by atoms with Gasteiger partial charge < -0.3 is 9.47 Å². The van der Waals surface area contributed by atoms with Gasteiger partial charge in [-0.05, 0) is 12.0 Å². The summed E-state index contributed by atoms with van der Waals surface area (Å²) in [6.07, 6.45) is -0.0282. The maximum Gasteiger partial charge on any atom is 0.412 e. The zero-order chi connectivity index (χ0) is 14.1. The topological polar surface area (TPSA) is 64.6 Å². The Morgan fingerprint density at radius 1 is 1.21 bits per heavy atom. The quantitative estimate of drug-likeness (QED) is 0.632. The van der Waals surface area contributed by atoms with E-state index in [2.05, 4.69) is 11.9 Å². The minimum atomic E-state index is -0.734. The predicted molar refractivity (Wildman–Crippen MR) is 70.2 cm³/mol. The van der Waals surface area contributed by atoms with Crippen LogP contribution < -0.4 is 5.32 Å². The second kappa shape index (κ2) is 7.92. The highest BCUT2D eigenvalue weighted by molar-refractivity contribution is 5.91. The fourth-order valence-electron chi connectivity index (χ4n) is 1.22. The molecular weight excluding hydrogens is 246 g/mol. The highest BCUT2D eigenvalue weighted by atomic mass is 16.6. The van der Waals surface area contributed by atoms with Crippen LogP contribution in [0.25, 0.3) is 0 Å². The van der Waals surface area contributed by atoms with Crippen molar-refractivity contribution in [1.82, 2.24) is 5.32 Å². The molecule has 0 aromatic heterocycles. The van der Waals surface area contributed by atoms with Gasteiger partial charge >= 0.3 is 12.1 Å². The standard InChI is InChI=1S/C14H17NO4/c1-3-9-18-13(16)11(2)15-14(17)19-10-12-7-5-4-6-8-12/h4-8H,2-3,9-10H2,1H3,(H,15,17). The third-order valence-corrected chi connectivity index (χ3v) is 2.15. The molecule has 0 heterocycles. The Bertz CT molecular complexity index is 442. The summed E-state index contributed by atoms with van der Waals surface area (Å²) in [5, 5.41) is 2.23. The maximum absolute atomic E-state index is 11.4. The van der Waals surface area contributed by atoms with E-state index in [0.717, 1.165) is 5.56 Å². The molecule has 0 fully saturated rings. The molecule has 0 unspecified atom stereocenters. The van der Waals surface area contributed by atoms with Crippen molar-refractivity contribution in [3.8, 4) is 0 Å². The van der Waals surface area contributed by atoms with Gasteiger partial charge in [0.25, 0.3) is 0 Å². The van der Waals surface area contributed by atoms with E-state index in [1.54, 1.807) is 0 Å². The van der Waals surface area contributed by atoms with Gasteiger partial charge in [0, 0.05) is 0 Å². The van der Waals surface area contributed by atoms with Gasteiger partial charge in [-0.2, -0.15) is 0 Å². The number of amides is 1. The molecule has 19 heavy (non-hydrogen) atoms. The molecule has 1 amide bonds. The number of hydrogen-bond acceptors (Lipinski definition) is 4. The first kappa shape index (κ1) is 14.8. The van der Waals surface area contributed by atoms with Crippen LogP contribution in [0.4, 0.5) is 4.79 Å². The Kier molecular flexibility index (Phi) is 6.15.